The molecule has 0 saturated carbocycles. The zero-order chi connectivity index (χ0) is 12.8. The van der Waals surface area contributed by atoms with E-state index < -0.39 is 11.9 Å². The number of aliphatic hydroxyl groups excluding tert-OH is 1. The molecule has 0 bridgehead atoms. The van der Waals surface area contributed by atoms with Crippen LogP contribution in [-0.2, 0) is 0 Å². The van der Waals surface area contributed by atoms with Crippen LogP contribution in [0.2, 0.25) is 5.02 Å². The summed E-state index contributed by atoms with van der Waals surface area (Å²) in [5.41, 5.74) is 0.159. The van der Waals surface area contributed by atoms with Gasteiger partial charge in [0.05, 0.1) is 6.10 Å². The van der Waals surface area contributed by atoms with Gasteiger partial charge in [0, 0.05) is 30.2 Å². The van der Waals surface area contributed by atoms with E-state index in [0.29, 0.717) is 0 Å². The molecular weight excluding hydrogens is 243 g/mol. The first-order valence-electron chi connectivity index (χ1n) is 5.49. The SMILES string of the molecule is CN(C)CCNCC(O)c1c(F)cccc1Cl. The van der Waals surface area contributed by atoms with Crippen molar-refractivity contribution in [3.63, 3.8) is 0 Å². The molecule has 0 aliphatic rings. The van der Waals surface area contributed by atoms with Gasteiger partial charge in [-0.25, -0.2) is 4.39 Å². The Bertz CT molecular complexity index is 340. The lowest BCUT2D eigenvalue weighted by atomic mass is 10.1. The Morgan fingerprint density at radius 1 is 1.47 bits per heavy atom. The molecule has 1 aromatic carbocycles. The van der Waals surface area contributed by atoms with Crippen LogP contribution >= 0.6 is 11.6 Å². The number of hydrogen-bond acceptors (Lipinski definition) is 3. The van der Waals surface area contributed by atoms with Crippen molar-refractivity contribution < 1.29 is 9.50 Å². The van der Waals surface area contributed by atoms with Gasteiger partial charge in [0.1, 0.15) is 5.82 Å². The molecule has 5 heteroatoms. The van der Waals surface area contributed by atoms with Crippen LogP contribution in [0.15, 0.2) is 18.2 Å². The van der Waals surface area contributed by atoms with Crippen molar-refractivity contribution in [3.05, 3.63) is 34.6 Å². The van der Waals surface area contributed by atoms with Gasteiger partial charge in [0.15, 0.2) is 0 Å². The minimum atomic E-state index is -0.925. The highest BCUT2D eigenvalue weighted by atomic mass is 35.5. The van der Waals surface area contributed by atoms with Crippen LogP contribution in [-0.4, -0.2) is 43.7 Å². The van der Waals surface area contributed by atoms with Gasteiger partial charge in [-0.2, -0.15) is 0 Å². The third-order valence-corrected chi connectivity index (χ3v) is 2.74. The number of likely N-dealkylation sites (N-methyl/N-ethyl adjacent to an activating group) is 1. The summed E-state index contributed by atoms with van der Waals surface area (Å²) < 4.78 is 13.5. The highest BCUT2D eigenvalue weighted by Crippen LogP contribution is 2.25. The van der Waals surface area contributed by atoms with E-state index in [9.17, 15) is 9.50 Å². The molecule has 0 amide bonds. The molecule has 2 N–H and O–H groups in total. The van der Waals surface area contributed by atoms with Crippen molar-refractivity contribution in [2.45, 2.75) is 6.10 Å². The maximum absolute atomic E-state index is 13.5. The lowest BCUT2D eigenvalue weighted by Gasteiger charge is -2.15. The molecule has 0 radical (unpaired) electrons. The third kappa shape index (κ3) is 4.60. The van der Waals surface area contributed by atoms with Crippen LogP contribution in [0, 0.1) is 5.82 Å². The number of rotatable bonds is 6. The van der Waals surface area contributed by atoms with Gasteiger partial charge >= 0.3 is 0 Å². The number of aliphatic hydroxyl groups is 1. The lowest BCUT2D eigenvalue weighted by Crippen LogP contribution is -2.30. The molecule has 3 nitrogen and oxygen atoms in total. The smallest absolute Gasteiger partial charge is 0.130 e. The van der Waals surface area contributed by atoms with E-state index in [1.54, 1.807) is 6.07 Å². The third-order valence-electron chi connectivity index (χ3n) is 2.41. The maximum atomic E-state index is 13.5. The predicted octanol–water partition coefficient (Wildman–Crippen LogP) is 1.66. The van der Waals surface area contributed by atoms with Crippen LogP contribution in [0.25, 0.3) is 0 Å². The quantitative estimate of drug-likeness (QED) is 0.764. The molecule has 0 aromatic heterocycles. The zero-order valence-corrected chi connectivity index (χ0v) is 10.8. The minimum Gasteiger partial charge on any atom is -0.387 e. The maximum Gasteiger partial charge on any atom is 0.130 e. The van der Waals surface area contributed by atoms with E-state index in [0.717, 1.165) is 13.1 Å². The number of halogens is 2. The van der Waals surface area contributed by atoms with Crippen molar-refractivity contribution in [1.82, 2.24) is 10.2 Å². The molecule has 0 aliphatic carbocycles. The fourth-order valence-electron chi connectivity index (χ4n) is 1.47. The van der Waals surface area contributed by atoms with E-state index >= 15 is 0 Å². The van der Waals surface area contributed by atoms with Gasteiger partial charge in [0.25, 0.3) is 0 Å². The van der Waals surface area contributed by atoms with Gasteiger partial charge in [0.2, 0.25) is 0 Å². The van der Waals surface area contributed by atoms with Crippen LogP contribution < -0.4 is 5.32 Å². The van der Waals surface area contributed by atoms with E-state index in [4.69, 9.17) is 11.6 Å². The molecule has 1 unspecified atom stereocenters. The van der Waals surface area contributed by atoms with Gasteiger partial charge in [-0.3, -0.25) is 0 Å². The monoisotopic (exact) mass is 260 g/mol. The Balaban J connectivity index is 2.49. The van der Waals surface area contributed by atoms with Crippen molar-refractivity contribution in [1.29, 1.82) is 0 Å². The largest absolute Gasteiger partial charge is 0.387 e. The van der Waals surface area contributed by atoms with Gasteiger partial charge in [-0.05, 0) is 26.2 Å². The second-order valence-electron chi connectivity index (χ2n) is 4.16. The lowest BCUT2D eigenvalue weighted by molar-refractivity contribution is 0.169. The molecule has 0 saturated heterocycles. The van der Waals surface area contributed by atoms with Crippen molar-refractivity contribution >= 4 is 11.6 Å². The molecule has 1 atom stereocenters. The molecule has 0 heterocycles. The normalized spacial score (nSPS) is 13.1. The van der Waals surface area contributed by atoms with E-state index in [2.05, 4.69) is 5.32 Å². The Morgan fingerprint density at radius 2 is 2.18 bits per heavy atom. The minimum absolute atomic E-state index is 0.159. The summed E-state index contributed by atoms with van der Waals surface area (Å²) in [7, 11) is 3.93. The van der Waals surface area contributed by atoms with Crippen LogP contribution in [0.5, 0.6) is 0 Å². The highest BCUT2D eigenvalue weighted by Gasteiger charge is 2.15. The molecule has 1 aromatic rings. The summed E-state index contributed by atoms with van der Waals surface area (Å²) in [4.78, 5) is 2.02. The molecule has 96 valence electrons. The molecular formula is C12H18ClFN2O. The Kier molecular flexibility index (Phi) is 5.85. The number of hydrogen-bond donors (Lipinski definition) is 2. The summed E-state index contributed by atoms with van der Waals surface area (Å²) in [5.74, 6) is -0.473. The summed E-state index contributed by atoms with van der Waals surface area (Å²) in [6, 6.07) is 4.39. The Hall–Kier alpha value is -0.680. The molecule has 17 heavy (non-hydrogen) atoms. The first-order valence-corrected chi connectivity index (χ1v) is 5.87. The van der Waals surface area contributed by atoms with Crippen molar-refractivity contribution in [2.75, 3.05) is 33.7 Å². The average Bonchev–Trinajstić information content (AvgIpc) is 2.24. The summed E-state index contributed by atoms with van der Waals surface area (Å²) in [6.45, 7) is 1.88. The summed E-state index contributed by atoms with van der Waals surface area (Å²) >= 11 is 5.85. The first-order chi connectivity index (χ1) is 8.02. The second-order valence-corrected chi connectivity index (χ2v) is 4.57. The molecule has 0 aliphatic heterocycles. The van der Waals surface area contributed by atoms with Gasteiger partial charge in [-0.15, -0.1) is 0 Å². The Morgan fingerprint density at radius 3 is 2.76 bits per heavy atom. The fourth-order valence-corrected chi connectivity index (χ4v) is 1.76. The Labute approximate surface area is 106 Å². The summed E-state index contributed by atoms with van der Waals surface area (Å²) in [6.07, 6.45) is -0.925. The zero-order valence-electron chi connectivity index (χ0n) is 10.1. The van der Waals surface area contributed by atoms with E-state index in [1.165, 1.54) is 12.1 Å². The number of benzene rings is 1. The van der Waals surface area contributed by atoms with Crippen molar-refractivity contribution in [3.8, 4) is 0 Å². The van der Waals surface area contributed by atoms with Crippen molar-refractivity contribution in [2.24, 2.45) is 0 Å². The first kappa shape index (κ1) is 14.4. The summed E-state index contributed by atoms with van der Waals surface area (Å²) in [5, 5.41) is 13.2. The molecule has 0 fully saturated rings. The van der Waals surface area contributed by atoms with Crippen LogP contribution in [0.4, 0.5) is 4.39 Å². The topological polar surface area (TPSA) is 35.5 Å². The average molecular weight is 261 g/mol. The fraction of sp³-hybridized carbons (Fsp3) is 0.500. The number of nitrogens with zero attached hydrogens (tertiary/aromatic N) is 1. The van der Waals surface area contributed by atoms with E-state index in [1.807, 2.05) is 19.0 Å². The second kappa shape index (κ2) is 6.91. The van der Waals surface area contributed by atoms with Gasteiger partial charge in [-0.1, -0.05) is 17.7 Å². The van der Waals surface area contributed by atoms with E-state index in [-0.39, 0.29) is 17.1 Å². The standard InChI is InChI=1S/C12H18ClFN2O/c1-16(2)7-6-15-8-11(17)12-9(13)4-3-5-10(12)14/h3-5,11,15,17H,6-8H2,1-2H3. The van der Waals surface area contributed by atoms with Crippen LogP contribution in [0.3, 0.4) is 0 Å². The highest BCUT2D eigenvalue weighted by molar-refractivity contribution is 6.31. The molecule has 0 spiro atoms. The van der Waals surface area contributed by atoms with Crippen LogP contribution in [0.1, 0.15) is 11.7 Å². The number of nitrogens with one attached hydrogen (secondary N) is 1. The van der Waals surface area contributed by atoms with Gasteiger partial charge < -0.3 is 15.3 Å². The molecule has 1 rings (SSSR count). The predicted molar refractivity (Wildman–Crippen MR) is 67.8 cm³/mol.